The number of phenolic OH excluding ortho intramolecular Hbond substituents is 1. The topological polar surface area (TPSA) is 70.1 Å². The Morgan fingerprint density at radius 1 is 1.04 bits per heavy atom. The lowest BCUT2D eigenvalue weighted by Gasteiger charge is -2.13. The Morgan fingerprint density at radius 3 is 2.38 bits per heavy atom. The molecule has 1 aromatic heterocycles. The highest BCUT2D eigenvalue weighted by molar-refractivity contribution is 7.80. The monoisotopic (exact) mass is 366 g/mol. The van der Waals surface area contributed by atoms with Gasteiger partial charge in [0.05, 0.1) is 17.2 Å². The fourth-order valence-electron chi connectivity index (χ4n) is 2.79. The predicted molar refractivity (Wildman–Crippen MR) is 111 cm³/mol. The third kappa shape index (κ3) is 3.91. The molecule has 0 saturated carbocycles. The van der Waals surface area contributed by atoms with Crippen LogP contribution < -0.4 is 10.6 Å². The molecule has 0 bridgehead atoms. The number of hydrogen-bond donors (Lipinski definition) is 3. The van der Waals surface area contributed by atoms with Crippen molar-refractivity contribution in [3.8, 4) is 16.9 Å². The van der Waals surface area contributed by atoms with Crippen molar-refractivity contribution in [2.24, 2.45) is 0 Å². The highest BCUT2D eigenvalue weighted by Gasteiger charge is 2.08. The number of nitrogens with one attached hydrogen (secondary N) is 2. The predicted octanol–water partition coefficient (Wildman–Crippen LogP) is 4.31. The van der Waals surface area contributed by atoms with Crippen molar-refractivity contribution in [3.05, 3.63) is 47.7 Å². The fourth-order valence-corrected chi connectivity index (χ4v) is 3.13. The number of hydrogen-bond acceptors (Lipinski definition) is 4. The molecule has 5 nitrogen and oxygen atoms in total. The minimum absolute atomic E-state index is 0.246. The molecule has 3 aromatic rings. The smallest absolute Gasteiger partial charge is 0.172 e. The third-order valence-electron chi connectivity index (χ3n) is 4.03. The van der Waals surface area contributed by atoms with E-state index in [1.165, 1.54) is 0 Å². The van der Waals surface area contributed by atoms with Crippen LogP contribution in [0, 0.1) is 13.8 Å². The highest BCUT2D eigenvalue weighted by atomic mass is 32.1. The van der Waals surface area contributed by atoms with E-state index in [9.17, 15) is 5.11 Å². The van der Waals surface area contributed by atoms with Gasteiger partial charge >= 0.3 is 0 Å². The molecule has 0 aliphatic carbocycles. The molecule has 0 saturated heterocycles. The first-order valence-corrected chi connectivity index (χ1v) is 8.89. The molecule has 2 aromatic carbocycles. The average molecular weight is 366 g/mol. The number of nitrogens with zero attached hydrogens (tertiary/aromatic N) is 2. The van der Waals surface area contributed by atoms with E-state index >= 15 is 0 Å². The fraction of sp³-hybridized carbons (Fsp3) is 0.250. The van der Waals surface area contributed by atoms with E-state index in [1.54, 1.807) is 6.20 Å². The number of thiocarbonyl (C=S) groups is 1. The number of benzene rings is 2. The van der Waals surface area contributed by atoms with Crippen molar-refractivity contribution in [3.63, 3.8) is 0 Å². The SMILES string of the molecule is Cc1cc(-c2ccc3ncc(NC(=S)NC(C)C)nc3c2)cc(C)c1O. The van der Waals surface area contributed by atoms with Crippen LogP contribution in [-0.2, 0) is 0 Å². The second-order valence-corrected chi connectivity index (χ2v) is 7.08. The molecule has 3 N–H and O–H groups in total. The summed E-state index contributed by atoms with van der Waals surface area (Å²) in [7, 11) is 0. The average Bonchev–Trinajstić information content (AvgIpc) is 2.57. The Morgan fingerprint density at radius 2 is 1.73 bits per heavy atom. The second-order valence-electron chi connectivity index (χ2n) is 6.67. The van der Waals surface area contributed by atoms with Gasteiger partial charge in [0.1, 0.15) is 5.75 Å². The molecule has 0 spiro atoms. The molecule has 0 amide bonds. The molecule has 0 fully saturated rings. The van der Waals surface area contributed by atoms with Gasteiger partial charge in [-0.1, -0.05) is 6.07 Å². The van der Waals surface area contributed by atoms with Gasteiger partial charge in [-0.15, -0.1) is 0 Å². The van der Waals surface area contributed by atoms with E-state index in [-0.39, 0.29) is 6.04 Å². The van der Waals surface area contributed by atoms with Crippen molar-refractivity contribution >= 4 is 34.2 Å². The first-order valence-electron chi connectivity index (χ1n) is 8.48. The summed E-state index contributed by atoms with van der Waals surface area (Å²) in [6.45, 7) is 7.84. The highest BCUT2D eigenvalue weighted by Crippen LogP contribution is 2.30. The first-order chi connectivity index (χ1) is 12.3. The molecule has 0 aliphatic rings. The maximum atomic E-state index is 9.98. The van der Waals surface area contributed by atoms with Gasteiger partial charge in [-0.3, -0.25) is 4.98 Å². The van der Waals surface area contributed by atoms with Crippen molar-refractivity contribution in [1.29, 1.82) is 0 Å². The normalized spacial score (nSPS) is 11.0. The maximum Gasteiger partial charge on any atom is 0.172 e. The lowest BCUT2D eigenvalue weighted by Crippen LogP contribution is -2.34. The van der Waals surface area contributed by atoms with Crippen LogP contribution in [0.4, 0.5) is 5.82 Å². The van der Waals surface area contributed by atoms with Crippen LogP contribution in [0.3, 0.4) is 0 Å². The largest absolute Gasteiger partial charge is 0.507 e. The van der Waals surface area contributed by atoms with Gasteiger partial charge in [-0.2, -0.15) is 0 Å². The first kappa shape index (κ1) is 18.1. The van der Waals surface area contributed by atoms with Crippen molar-refractivity contribution < 1.29 is 5.11 Å². The standard InChI is InChI=1S/C20H22N4OS/c1-11(2)22-20(26)24-18-10-21-16-6-5-14(9-17(16)23-18)15-7-12(3)19(25)13(4)8-15/h5-11,25H,1-4H3,(H2,22,23,24,26). The van der Waals surface area contributed by atoms with E-state index in [4.69, 9.17) is 12.2 Å². The summed E-state index contributed by atoms with van der Waals surface area (Å²) in [6, 6.07) is 10.2. The van der Waals surface area contributed by atoms with Gasteiger partial charge in [0.25, 0.3) is 0 Å². The zero-order valence-electron chi connectivity index (χ0n) is 15.3. The summed E-state index contributed by atoms with van der Waals surface area (Å²) in [4.78, 5) is 9.07. The molecule has 1 heterocycles. The quantitative estimate of drug-likeness (QED) is 0.600. The summed E-state index contributed by atoms with van der Waals surface area (Å²) in [5.74, 6) is 0.942. The van der Waals surface area contributed by atoms with Crippen molar-refractivity contribution in [2.75, 3.05) is 5.32 Å². The number of fused-ring (bicyclic) bond motifs is 1. The molecular weight excluding hydrogens is 344 g/mol. The van der Waals surface area contributed by atoms with E-state index in [2.05, 4.69) is 20.6 Å². The third-order valence-corrected chi connectivity index (χ3v) is 4.25. The van der Waals surface area contributed by atoms with Gasteiger partial charge in [-0.05, 0) is 86.4 Å². The number of rotatable bonds is 3. The Hall–Kier alpha value is -2.73. The Kier molecular flexibility index (Phi) is 5.04. The van der Waals surface area contributed by atoms with E-state index in [0.717, 1.165) is 33.3 Å². The van der Waals surface area contributed by atoms with Gasteiger partial charge in [-0.25, -0.2) is 4.98 Å². The minimum Gasteiger partial charge on any atom is -0.507 e. The lowest BCUT2D eigenvalue weighted by atomic mass is 9.99. The van der Waals surface area contributed by atoms with Gasteiger partial charge in [0, 0.05) is 6.04 Å². The zero-order valence-corrected chi connectivity index (χ0v) is 16.1. The summed E-state index contributed by atoms with van der Waals surface area (Å²) >= 11 is 5.26. The van der Waals surface area contributed by atoms with Crippen LogP contribution in [0.5, 0.6) is 5.75 Å². The molecule has 0 unspecified atom stereocenters. The van der Waals surface area contributed by atoms with Crippen LogP contribution in [0.25, 0.3) is 22.2 Å². The van der Waals surface area contributed by atoms with E-state index < -0.39 is 0 Å². The molecule has 3 rings (SSSR count). The minimum atomic E-state index is 0.246. The molecule has 134 valence electrons. The molecule has 26 heavy (non-hydrogen) atoms. The van der Waals surface area contributed by atoms with Gasteiger partial charge < -0.3 is 15.7 Å². The van der Waals surface area contributed by atoms with Crippen LogP contribution in [0.15, 0.2) is 36.5 Å². The molecule has 6 heteroatoms. The molecule has 0 aliphatic heterocycles. The number of anilines is 1. The Labute approximate surface area is 158 Å². The van der Waals surface area contributed by atoms with E-state index in [0.29, 0.717) is 16.7 Å². The molecule has 0 radical (unpaired) electrons. The summed E-state index contributed by atoms with van der Waals surface area (Å²) < 4.78 is 0. The van der Waals surface area contributed by atoms with E-state index in [1.807, 2.05) is 58.0 Å². The number of aromatic nitrogens is 2. The maximum absolute atomic E-state index is 9.98. The van der Waals surface area contributed by atoms with Crippen molar-refractivity contribution in [1.82, 2.24) is 15.3 Å². The van der Waals surface area contributed by atoms with Crippen LogP contribution in [0.1, 0.15) is 25.0 Å². The van der Waals surface area contributed by atoms with Gasteiger partial charge in [0.15, 0.2) is 10.9 Å². The Bertz CT molecular complexity index is 962. The number of aromatic hydroxyl groups is 1. The number of phenols is 1. The molecular formula is C20H22N4OS. The molecule has 0 atom stereocenters. The second kappa shape index (κ2) is 7.25. The summed E-state index contributed by atoms with van der Waals surface area (Å²) in [5, 5.41) is 16.7. The lowest BCUT2D eigenvalue weighted by molar-refractivity contribution is 0.467. The summed E-state index contributed by atoms with van der Waals surface area (Å²) in [5.41, 5.74) is 5.37. The van der Waals surface area contributed by atoms with Gasteiger partial charge in [0.2, 0.25) is 0 Å². The Balaban J connectivity index is 1.96. The van der Waals surface area contributed by atoms with Crippen LogP contribution >= 0.6 is 12.2 Å². The van der Waals surface area contributed by atoms with Crippen molar-refractivity contribution in [2.45, 2.75) is 33.7 Å². The summed E-state index contributed by atoms with van der Waals surface area (Å²) in [6.07, 6.45) is 1.67. The zero-order chi connectivity index (χ0) is 18.8. The van der Waals surface area contributed by atoms with Crippen LogP contribution in [-0.4, -0.2) is 26.2 Å². The number of aryl methyl sites for hydroxylation is 2. The van der Waals surface area contributed by atoms with Crippen LogP contribution in [0.2, 0.25) is 0 Å².